The number of carboxylic acid groups (broad SMARTS) is 1. The number of hydrogen-bond donors (Lipinski definition) is 2. The van der Waals surface area contributed by atoms with E-state index in [2.05, 4.69) is 5.32 Å². The minimum absolute atomic E-state index is 0.0201. The molecule has 1 amide bonds. The number of amides is 1. The number of rotatable bonds is 5. The number of likely N-dealkylation sites (tertiary alicyclic amines) is 1. The van der Waals surface area contributed by atoms with E-state index in [0.717, 1.165) is 38.6 Å². The van der Waals surface area contributed by atoms with Gasteiger partial charge in [0.25, 0.3) is 0 Å². The minimum atomic E-state index is -0.730. The Morgan fingerprint density at radius 1 is 1.35 bits per heavy atom. The second kappa shape index (κ2) is 7.27. The quantitative estimate of drug-likeness (QED) is 0.749. The Balaban J connectivity index is 2.41. The lowest BCUT2D eigenvalue weighted by molar-refractivity contribution is -0.143. The molecule has 1 atom stereocenters. The number of nitrogens with one attached hydrogen (secondary N) is 1. The van der Waals surface area contributed by atoms with Gasteiger partial charge in [0, 0.05) is 13.5 Å². The van der Waals surface area contributed by atoms with E-state index in [9.17, 15) is 9.59 Å². The molecule has 2 N–H and O–H groups in total. The van der Waals surface area contributed by atoms with Crippen LogP contribution in [0.15, 0.2) is 0 Å². The van der Waals surface area contributed by atoms with Crippen LogP contribution < -0.4 is 5.32 Å². The Morgan fingerprint density at radius 3 is 2.76 bits per heavy atom. The van der Waals surface area contributed by atoms with Gasteiger partial charge >= 0.3 is 5.97 Å². The van der Waals surface area contributed by atoms with Crippen molar-refractivity contribution in [3.8, 4) is 0 Å². The van der Waals surface area contributed by atoms with Crippen molar-refractivity contribution in [2.45, 2.75) is 44.6 Å². The van der Waals surface area contributed by atoms with E-state index in [4.69, 9.17) is 5.11 Å². The van der Waals surface area contributed by atoms with Crippen LogP contribution >= 0.6 is 0 Å². The van der Waals surface area contributed by atoms with Crippen molar-refractivity contribution in [3.63, 3.8) is 0 Å². The molecule has 1 unspecified atom stereocenters. The topological polar surface area (TPSA) is 69.6 Å². The monoisotopic (exact) mass is 242 g/mol. The van der Waals surface area contributed by atoms with Crippen molar-refractivity contribution in [1.82, 2.24) is 10.2 Å². The van der Waals surface area contributed by atoms with E-state index in [1.54, 1.807) is 7.05 Å². The first-order valence-corrected chi connectivity index (χ1v) is 6.32. The number of hydrogen-bond acceptors (Lipinski definition) is 3. The summed E-state index contributed by atoms with van der Waals surface area (Å²) in [5.41, 5.74) is 0. The summed E-state index contributed by atoms with van der Waals surface area (Å²) < 4.78 is 0. The van der Waals surface area contributed by atoms with Gasteiger partial charge in [-0.15, -0.1) is 0 Å². The van der Waals surface area contributed by atoms with Gasteiger partial charge in [0.1, 0.15) is 6.04 Å². The fraction of sp³-hybridized carbons (Fsp3) is 0.833. The zero-order valence-corrected chi connectivity index (χ0v) is 10.4. The first kappa shape index (κ1) is 14.0. The lowest BCUT2D eigenvalue weighted by atomic mass is 10.1. The van der Waals surface area contributed by atoms with Gasteiger partial charge in [-0.05, 0) is 32.4 Å². The molecule has 0 aromatic carbocycles. The zero-order valence-electron chi connectivity index (χ0n) is 10.4. The highest BCUT2D eigenvalue weighted by Crippen LogP contribution is 2.17. The zero-order chi connectivity index (χ0) is 12.7. The predicted octanol–water partition coefficient (Wildman–Crippen LogP) is 0.842. The van der Waals surface area contributed by atoms with Gasteiger partial charge in [-0.1, -0.05) is 12.8 Å². The molecule has 1 heterocycles. The van der Waals surface area contributed by atoms with Crippen LogP contribution in [-0.2, 0) is 9.59 Å². The summed E-state index contributed by atoms with van der Waals surface area (Å²) in [6.07, 6.45) is 5.08. The van der Waals surface area contributed by atoms with Crippen LogP contribution in [0, 0.1) is 0 Å². The van der Waals surface area contributed by atoms with Gasteiger partial charge in [-0.25, -0.2) is 0 Å². The van der Waals surface area contributed by atoms with Gasteiger partial charge in [-0.2, -0.15) is 0 Å². The van der Waals surface area contributed by atoms with E-state index in [0.29, 0.717) is 13.0 Å². The molecule has 1 aliphatic heterocycles. The van der Waals surface area contributed by atoms with Crippen molar-refractivity contribution in [2.24, 2.45) is 0 Å². The number of carbonyl (C=O) groups excluding carboxylic acids is 1. The average Bonchev–Trinajstić information content (AvgIpc) is 2.54. The van der Waals surface area contributed by atoms with E-state index in [1.165, 1.54) is 0 Å². The largest absolute Gasteiger partial charge is 0.480 e. The fourth-order valence-electron chi connectivity index (χ4n) is 2.28. The van der Waals surface area contributed by atoms with Crippen molar-refractivity contribution in [2.75, 3.05) is 20.1 Å². The summed E-state index contributed by atoms with van der Waals surface area (Å²) in [5, 5.41) is 11.7. The molecule has 5 nitrogen and oxygen atoms in total. The summed E-state index contributed by atoms with van der Waals surface area (Å²) in [6.45, 7) is 1.54. The third kappa shape index (κ3) is 4.73. The maximum atomic E-state index is 11.1. The Bertz CT molecular complexity index is 268. The SMILES string of the molecule is CNC(=O)CCCN1CCCCCC1C(=O)O. The van der Waals surface area contributed by atoms with Crippen molar-refractivity contribution in [3.05, 3.63) is 0 Å². The van der Waals surface area contributed by atoms with Crippen molar-refractivity contribution >= 4 is 11.9 Å². The molecule has 98 valence electrons. The molecule has 0 aromatic rings. The molecular weight excluding hydrogens is 220 g/mol. The van der Waals surface area contributed by atoms with Gasteiger partial charge in [-0.3, -0.25) is 14.5 Å². The minimum Gasteiger partial charge on any atom is -0.480 e. The maximum Gasteiger partial charge on any atom is 0.320 e. The molecule has 17 heavy (non-hydrogen) atoms. The normalized spacial score (nSPS) is 21.8. The number of carbonyl (C=O) groups is 2. The molecule has 1 fully saturated rings. The third-order valence-corrected chi connectivity index (χ3v) is 3.28. The maximum absolute atomic E-state index is 11.1. The van der Waals surface area contributed by atoms with Crippen LogP contribution in [0.4, 0.5) is 0 Å². The first-order valence-electron chi connectivity index (χ1n) is 6.32. The molecule has 1 rings (SSSR count). The highest BCUT2D eigenvalue weighted by Gasteiger charge is 2.26. The standard InChI is InChI=1S/C12H22N2O3/c1-13-11(15)7-5-9-14-8-4-2-3-6-10(14)12(16)17/h10H,2-9H2,1H3,(H,13,15)(H,16,17). The smallest absolute Gasteiger partial charge is 0.320 e. The van der Waals surface area contributed by atoms with Crippen LogP contribution in [0.1, 0.15) is 38.5 Å². The predicted molar refractivity (Wildman–Crippen MR) is 64.8 cm³/mol. The lowest BCUT2D eigenvalue weighted by Gasteiger charge is -2.26. The van der Waals surface area contributed by atoms with Crippen LogP contribution in [0.2, 0.25) is 0 Å². The van der Waals surface area contributed by atoms with Crippen molar-refractivity contribution < 1.29 is 14.7 Å². The van der Waals surface area contributed by atoms with Gasteiger partial charge in [0.2, 0.25) is 5.91 Å². The molecule has 0 radical (unpaired) electrons. The highest BCUT2D eigenvalue weighted by molar-refractivity contribution is 5.75. The van der Waals surface area contributed by atoms with E-state index in [-0.39, 0.29) is 11.9 Å². The van der Waals surface area contributed by atoms with Gasteiger partial charge in [0.05, 0.1) is 0 Å². The summed E-state index contributed by atoms with van der Waals surface area (Å²) >= 11 is 0. The Hall–Kier alpha value is -1.10. The third-order valence-electron chi connectivity index (χ3n) is 3.28. The lowest BCUT2D eigenvalue weighted by Crippen LogP contribution is -2.41. The van der Waals surface area contributed by atoms with E-state index >= 15 is 0 Å². The van der Waals surface area contributed by atoms with Crippen LogP contribution in [-0.4, -0.2) is 48.1 Å². The fourth-order valence-corrected chi connectivity index (χ4v) is 2.28. The van der Waals surface area contributed by atoms with Crippen molar-refractivity contribution in [1.29, 1.82) is 0 Å². The molecule has 0 saturated carbocycles. The molecule has 0 spiro atoms. The molecule has 5 heteroatoms. The molecule has 1 saturated heterocycles. The molecular formula is C12H22N2O3. The summed E-state index contributed by atoms with van der Waals surface area (Å²) in [6, 6.07) is -0.359. The Labute approximate surface area is 102 Å². The molecule has 0 bridgehead atoms. The Morgan fingerprint density at radius 2 is 2.12 bits per heavy atom. The molecule has 0 aromatic heterocycles. The number of carboxylic acids is 1. The van der Waals surface area contributed by atoms with E-state index < -0.39 is 5.97 Å². The molecule has 1 aliphatic rings. The summed E-state index contributed by atoms with van der Waals surface area (Å²) in [4.78, 5) is 24.3. The highest BCUT2D eigenvalue weighted by atomic mass is 16.4. The number of nitrogens with zero attached hydrogens (tertiary/aromatic N) is 1. The molecule has 0 aliphatic carbocycles. The van der Waals surface area contributed by atoms with Crippen LogP contribution in [0.3, 0.4) is 0 Å². The number of aliphatic carboxylic acids is 1. The second-order valence-electron chi connectivity index (χ2n) is 4.52. The summed E-state index contributed by atoms with van der Waals surface area (Å²) in [7, 11) is 1.62. The van der Waals surface area contributed by atoms with Crippen LogP contribution in [0.5, 0.6) is 0 Å². The van der Waals surface area contributed by atoms with Gasteiger partial charge in [0.15, 0.2) is 0 Å². The summed E-state index contributed by atoms with van der Waals surface area (Å²) in [5.74, 6) is -0.710. The Kier molecular flexibility index (Phi) is 5.97. The van der Waals surface area contributed by atoms with Gasteiger partial charge < -0.3 is 10.4 Å². The first-order chi connectivity index (χ1) is 8.15. The van der Waals surface area contributed by atoms with Crippen LogP contribution in [0.25, 0.3) is 0 Å². The van der Waals surface area contributed by atoms with E-state index in [1.807, 2.05) is 4.90 Å². The second-order valence-corrected chi connectivity index (χ2v) is 4.52. The average molecular weight is 242 g/mol.